The number of aryl methyl sites for hydroxylation is 2. The van der Waals surface area contributed by atoms with Gasteiger partial charge in [-0.15, -0.1) is 11.3 Å². The van der Waals surface area contributed by atoms with Crippen LogP contribution in [-0.4, -0.2) is 74.7 Å². The summed E-state index contributed by atoms with van der Waals surface area (Å²) in [5.74, 6) is -2.29. The first-order valence-electron chi connectivity index (χ1n) is 14.4. The van der Waals surface area contributed by atoms with Gasteiger partial charge in [0.15, 0.2) is 5.65 Å². The largest absolute Gasteiger partial charge is 0.368 e. The molecule has 0 bridgehead atoms. The molecule has 4 aromatic heterocycles. The Morgan fingerprint density at radius 2 is 1.90 bits per heavy atom. The third-order valence-electron chi connectivity index (χ3n) is 8.99. The molecule has 2 aliphatic heterocycles. The molecule has 0 aromatic carbocycles. The average Bonchev–Trinajstić information content (AvgIpc) is 3.65. The second-order valence-corrected chi connectivity index (χ2v) is 13.1. The summed E-state index contributed by atoms with van der Waals surface area (Å²) in [5.41, 5.74) is 8.17. The molecule has 11 heteroatoms. The van der Waals surface area contributed by atoms with Crippen molar-refractivity contribution in [1.82, 2.24) is 29.8 Å². The Labute approximate surface area is 242 Å². The molecule has 2 N–H and O–H groups in total. The predicted molar refractivity (Wildman–Crippen MR) is 157 cm³/mol. The van der Waals surface area contributed by atoms with Gasteiger partial charge in [-0.1, -0.05) is 13.8 Å². The van der Waals surface area contributed by atoms with Gasteiger partial charge in [0.05, 0.1) is 12.3 Å². The number of alkyl halides is 2. The number of aromatic nitrogens is 4. The van der Waals surface area contributed by atoms with Crippen molar-refractivity contribution in [2.75, 3.05) is 26.2 Å². The number of nitrogens with one attached hydrogen (secondary N) is 2. The maximum Gasteiger partial charge on any atom is 0.272 e. The van der Waals surface area contributed by atoms with Crippen LogP contribution in [0.5, 0.6) is 0 Å². The summed E-state index contributed by atoms with van der Waals surface area (Å²) < 4.78 is 34.3. The summed E-state index contributed by atoms with van der Waals surface area (Å²) in [6, 6.07) is -0.567. The number of carbonyl (C=O) groups excluding carboxylic acids is 1. The number of morpholine rings is 1. The zero-order valence-electron chi connectivity index (χ0n) is 24.5. The standard InChI is InChI=1S/C30H38F2N6O2S/c1-15(2)23-24-18(5)26(41-28(24)36-25(23)20-12-38-27(34-14-35-38)17(4)16(20)3)19-7-9-37(10-8-19)29(39)21-13-40-22(11-33-21)30(6,31)32/h12,14-15,19,21-22,33,36H,7-11,13H2,1-6H3/t21-,22-/m1/s1. The van der Waals surface area contributed by atoms with Crippen molar-refractivity contribution in [3.05, 3.63) is 39.7 Å². The van der Waals surface area contributed by atoms with Crippen molar-refractivity contribution in [1.29, 1.82) is 0 Å². The molecule has 2 fully saturated rings. The Hall–Kier alpha value is -2.89. The Kier molecular flexibility index (Phi) is 7.18. The first-order valence-corrected chi connectivity index (χ1v) is 15.2. The molecule has 41 heavy (non-hydrogen) atoms. The van der Waals surface area contributed by atoms with Crippen LogP contribution in [0, 0.1) is 20.8 Å². The van der Waals surface area contributed by atoms with Crippen molar-refractivity contribution >= 4 is 33.1 Å². The van der Waals surface area contributed by atoms with Crippen LogP contribution in [0.3, 0.4) is 0 Å². The van der Waals surface area contributed by atoms with Crippen LogP contribution in [0.2, 0.25) is 0 Å². The van der Waals surface area contributed by atoms with Crippen molar-refractivity contribution in [2.24, 2.45) is 0 Å². The lowest BCUT2D eigenvalue weighted by molar-refractivity contribution is -0.157. The predicted octanol–water partition coefficient (Wildman–Crippen LogP) is 5.71. The lowest BCUT2D eigenvalue weighted by Gasteiger charge is -2.37. The number of H-pyrrole nitrogens is 1. The van der Waals surface area contributed by atoms with E-state index in [1.165, 1.54) is 31.8 Å². The number of hydrogen-bond donors (Lipinski definition) is 2. The number of piperidine rings is 1. The molecule has 2 atom stereocenters. The van der Waals surface area contributed by atoms with Crippen LogP contribution in [0.1, 0.15) is 72.6 Å². The van der Waals surface area contributed by atoms with E-state index < -0.39 is 18.1 Å². The number of ether oxygens (including phenoxy) is 1. The zero-order valence-corrected chi connectivity index (χ0v) is 25.3. The topological polar surface area (TPSA) is 87.5 Å². The molecule has 0 spiro atoms. The number of pyridine rings is 1. The highest BCUT2D eigenvalue weighted by Gasteiger charge is 2.41. The van der Waals surface area contributed by atoms with Crippen molar-refractivity contribution < 1.29 is 18.3 Å². The van der Waals surface area contributed by atoms with E-state index in [1.807, 2.05) is 20.8 Å². The Morgan fingerprint density at radius 1 is 1.17 bits per heavy atom. The number of hydrogen-bond acceptors (Lipinski definition) is 6. The van der Waals surface area contributed by atoms with Gasteiger partial charge in [0, 0.05) is 48.6 Å². The number of aromatic amines is 1. The molecular weight excluding hydrogens is 546 g/mol. The highest BCUT2D eigenvalue weighted by Crippen LogP contribution is 2.46. The van der Waals surface area contributed by atoms with Gasteiger partial charge in [-0.05, 0) is 67.7 Å². The monoisotopic (exact) mass is 584 g/mol. The van der Waals surface area contributed by atoms with E-state index in [0.717, 1.165) is 42.2 Å². The van der Waals surface area contributed by atoms with Crippen molar-refractivity contribution in [3.8, 4) is 11.3 Å². The number of likely N-dealkylation sites (tertiary alicyclic amines) is 1. The number of carbonyl (C=O) groups is 1. The van der Waals surface area contributed by atoms with E-state index in [-0.39, 0.29) is 19.1 Å². The fourth-order valence-electron chi connectivity index (χ4n) is 6.53. The maximum atomic E-state index is 13.6. The van der Waals surface area contributed by atoms with Gasteiger partial charge in [-0.25, -0.2) is 18.3 Å². The lowest BCUT2D eigenvalue weighted by atomic mass is 9.89. The summed E-state index contributed by atoms with van der Waals surface area (Å²) in [6.45, 7) is 13.1. The van der Waals surface area contributed by atoms with Crippen LogP contribution >= 0.6 is 11.3 Å². The molecule has 0 saturated carbocycles. The molecule has 2 aliphatic rings. The normalized spacial score (nSPS) is 21.0. The van der Waals surface area contributed by atoms with Crippen molar-refractivity contribution in [3.63, 3.8) is 0 Å². The van der Waals surface area contributed by atoms with E-state index in [9.17, 15) is 13.6 Å². The molecule has 4 aromatic rings. The second-order valence-electron chi connectivity index (χ2n) is 12.0. The van der Waals surface area contributed by atoms with Gasteiger partial charge < -0.3 is 19.9 Å². The van der Waals surface area contributed by atoms with Crippen LogP contribution in [-0.2, 0) is 9.53 Å². The molecule has 0 aliphatic carbocycles. The van der Waals surface area contributed by atoms with Gasteiger partial charge >= 0.3 is 0 Å². The Morgan fingerprint density at radius 3 is 2.54 bits per heavy atom. The molecule has 1 amide bonds. The molecule has 0 unspecified atom stereocenters. The highest BCUT2D eigenvalue weighted by molar-refractivity contribution is 7.19. The van der Waals surface area contributed by atoms with Gasteiger partial charge in [-0.3, -0.25) is 4.79 Å². The van der Waals surface area contributed by atoms with Gasteiger partial charge in [0.2, 0.25) is 5.91 Å². The summed E-state index contributed by atoms with van der Waals surface area (Å²) in [4.78, 5) is 25.8. The number of thiophene rings is 1. The smallest absolute Gasteiger partial charge is 0.272 e. The van der Waals surface area contributed by atoms with Crippen LogP contribution in [0.25, 0.3) is 27.1 Å². The van der Waals surface area contributed by atoms with Crippen LogP contribution < -0.4 is 5.32 Å². The van der Waals surface area contributed by atoms with Gasteiger partial charge in [0.25, 0.3) is 5.92 Å². The fourth-order valence-corrected chi connectivity index (χ4v) is 7.92. The van der Waals surface area contributed by atoms with E-state index in [0.29, 0.717) is 24.9 Å². The number of nitrogens with zero attached hydrogens (tertiary/aromatic N) is 4. The molecule has 0 radical (unpaired) electrons. The first kappa shape index (κ1) is 28.2. The van der Waals surface area contributed by atoms with E-state index in [4.69, 9.17) is 4.74 Å². The summed E-state index contributed by atoms with van der Waals surface area (Å²) >= 11 is 1.84. The van der Waals surface area contributed by atoms with Crippen LogP contribution in [0.15, 0.2) is 12.5 Å². The van der Waals surface area contributed by atoms with Crippen LogP contribution in [0.4, 0.5) is 8.78 Å². The molecule has 220 valence electrons. The quantitative estimate of drug-likeness (QED) is 0.314. The second kappa shape index (κ2) is 10.4. The zero-order chi connectivity index (χ0) is 29.2. The fraction of sp³-hybridized carbons (Fsp3) is 0.567. The third kappa shape index (κ3) is 4.85. The minimum absolute atomic E-state index is 0.0230. The van der Waals surface area contributed by atoms with Crippen molar-refractivity contribution in [2.45, 2.75) is 84.3 Å². The molecule has 6 rings (SSSR count). The Balaban J connectivity index is 1.22. The third-order valence-corrected chi connectivity index (χ3v) is 10.4. The molecule has 8 nitrogen and oxygen atoms in total. The average molecular weight is 585 g/mol. The summed E-state index contributed by atoms with van der Waals surface area (Å²) in [7, 11) is 0. The highest BCUT2D eigenvalue weighted by atomic mass is 32.1. The Bertz CT molecular complexity index is 1600. The maximum absolute atomic E-state index is 13.6. The number of amides is 1. The van der Waals surface area contributed by atoms with Gasteiger partial charge in [-0.2, -0.15) is 5.10 Å². The lowest BCUT2D eigenvalue weighted by Crippen LogP contribution is -2.58. The summed E-state index contributed by atoms with van der Waals surface area (Å²) in [6.07, 6.45) is 4.24. The minimum Gasteiger partial charge on any atom is -0.368 e. The molecule has 6 heterocycles. The number of rotatable bonds is 5. The van der Waals surface area contributed by atoms with Gasteiger partial charge in [0.1, 0.15) is 23.3 Å². The number of halogens is 2. The van der Waals surface area contributed by atoms with E-state index in [1.54, 1.807) is 6.33 Å². The number of fused-ring (bicyclic) bond motifs is 2. The minimum atomic E-state index is -2.93. The van der Waals surface area contributed by atoms with E-state index >= 15 is 0 Å². The summed E-state index contributed by atoms with van der Waals surface area (Å²) in [5, 5.41) is 8.70. The molecule has 2 saturated heterocycles. The first-order chi connectivity index (χ1) is 19.5. The van der Waals surface area contributed by atoms with E-state index in [2.05, 4.69) is 61.2 Å². The SMILES string of the molecule is Cc1c(-c2[nH]c3sc(C4CCN(C(=O)[C@H]5CO[C@@H](C(C)(F)F)CN5)CC4)c(C)c3c2C(C)C)cn2ncnc2c1C. The molecular formula is C30H38F2N6O2S.